The Morgan fingerprint density at radius 1 is 1.03 bits per heavy atom. The van der Waals surface area contributed by atoms with E-state index < -0.39 is 5.97 Å². The van der Waals surface area contributed by atoms with Gasteiger partial charge in [-0.3, -0.25) is 4.79 Å². The average molecular weight is 462 g/mol. The molecule has 0 radical (unpaired) electrons. The van der Waals surface area contributed by atoms with Crippen molar-refractivity contribution < 1.29 is 23.9 Å². The number of carbonyl (C=O) groups is 3. The van der Waals surface area contributed by atoms with Gasteiger partial charge < -0.3 is 19.7 Å². The van der Waals surface area contributed by atoms with Gasteiger partial charge in [0.05, 0.1) is 29.8 Å². The predicted molar refractivity (Wildman–Crippen MR) is 127 cm³/mol. The third-order valence-corrected chi connectivity index (χ3v) is 6.11. The Balaban J connectivity index is 1.38. The van der Waals surface area contributed by atoms with Crippen LogP contribution >= 0.6 is 0 Å². The van der Waals surface area contributed by atoms with Crippen LogP contribution in [0.4, 0.5) is 10.5 Å². The average Bonchev–Trinajstić information content (AvgIpc) is 2.87. The van der Waals surface area contributed by atoms with Crippen LogP contribution in [0.2, 0.25) is 0 Å². The van der Waals surface area contributed by atoms with Gasteiger partial charge in [-0.1, -0.05) is 36.4 Å². The summed E-state index contributed by atoms with van der Waals surface area (Å²) in [4.78, 5) is 43.9. The summed E-state index contributed by atoms with van der Waals surface area (Å²) in [5.74, 6) is -1.19. The van der Waals surface area contributed by atoms with Crippen molar-refractivity contribution in [1.82, 2.24) is 9.88 Å². The molecule has 1 N–H and O–H groups in total. The summed E-state index contributed by atoms with van der Waals surface area (Å²) in [6.45, 7) is 2.62. The number of likely N-dealkylation sites (tertiary alicyclic amines) is 1. The number of nitrogens with zero attached hydrogens (tertiary/aromatic N) is 2. The van der Waals surface area contributed by atoms with Crippen LogP contribution in [0.3, 0.4) is 0 Å². The van der Waals surface area contributed by atoms with Crippen molar-refractivity contribution in [3.05, 3.63) is 71.4 Å². The number of pyridine rings is 1. The minimum Gasteiger partial charge on any atom is -0.465 e. The van der Waals surface area contributed by atoms with Crippen LogP contribution < -0.4 is 5.32 Å². The molecule has 0 spiro atoms. The number of hydrogen-bond acceptors (Lipinski definition) is 6. The minimum absolute atomic E-state index is 0.121. The van der Waals surface area contributed by atoms with E-state index in [2.05, 4.69) is 10.3 Å². The number of carbonyl (C=O) groups excluding carboxylic acids is 3. The van der Waals surface area contributed by atoms with Gasteiger partial charge in [0.25, 0.3) is 0 Å². The number of anilines is 1. The first kappa shape index (κ1) is 23.2. The predicted octanol–water partition coefficient (Wildman–Crippen LogP) is 4.32. The molecule has 0 atom stereocenters. The van der Waals surface area contributed by atoms with Crippen LogP contribution in [0.15, 0.2) is 54.6 Å². The van der Waals surface area contributed by atoms with Crippen molar-refractivity contribution in [1.29, 1.82) is 0 Å². The second-order valence-corrected chi connectivity index (χ2v) is 8.23. The van der Waals surface area contributed by atoms with Crippen LogP contribution in [-0.2, 0) is 20.9 Å². The Labute approximate surface area is 197 Å². The van der Waals surface area contributed by atoms with E-state index in [1.807, 2.05) is 61.5 Å². The summed E-state index contributed by atoms with van der Waals surface area (Å²) in [5, 5.41) is 3.71. The molecule has 2 heterocycles. The van der Waals surface area contributed by atoms with Crippen LogP contribution in [0.5, 0.6) is 0 Å². The fraction of sp³-hybridized carbons (Fsp3) is 0.308. The van der Waals surface area contributed by atoms with Crippen molar-refractivity contribution in [2.24, 2.45) is 5.92 Å². The Morgan fingerprint density at radius 3 is 2.41 bits per heavy atom. The van der Waals surface area contributed by atoms with E-state index in [0.29, 0.717) is 37.2 Å². The van der Waals surface area contributed by atoms with E-state index in [0.717, 1.165) is 22.2 Å². The highest BCUT2D eigenvalue weighted by Crippen LogP contribution is 2.25. The standard InChI is InChI=1S/C26H27N3O5/c1-17-20-10-6-7-11-21(20)28-22(23(17)25(31)33-2)16-34-24(30)18-12-14-29(15-13-18)26(32)27-19-8-4-3-5-9-19/h3-11,18H,12-16H2,1-2H3,(H,27,32). The van der Waals surface area contributed by atoms with Gasteiger partial charge in [-0.2, -0.15) is 0 Å². The quantitative estimate of drug-likeness (QED) is 0.569. The number of urea groups is 1. The zero-order valence-electron chi connectivity index (χ0n) is 19.2. The molecule has 176 valence electrons. The Morgan fingerprint density at radius 2 is 1.71 bits per heavy atom. The summed E-state index contributed by atoms with van der Waals surface area (Å²) in [5.41, 5.74) is 2.88. The second kappa shape index (κ2) is 10.3. The van der Waals surface area contributed by atoms with Crippen LogP contribution in [-0.4, -0.2) is 48.1 Å². The third kappa shape index (κ3) is 5.01. The topological polar surface area (TPSA) is 97.8 Å². The fourth-order valence-electron chi connectivity index (χ4n) is 4.22. The van der Waals surface area contributed by atoms with E-state index in [-0.39, 0.29) is 24.5 Å². The summed E-state index contributed by atoms with van der Waals surface area (Å²) >= 11 is 0. The number of fused-ring (bicyclic) bond motifs is 1. The molecule has 0 unspecified atom stereocenters. The normalized spacial score (nSPS) is 14.0. The molecule has 8 heteroatoms. The Kier molecular flexibility index (Phi) is 7.06. The largest absolute Gasteiger partial charge is 0.465 e. The molecule has 8 nitrogen and oxygen atoms in total. The number of ether oxygens (including phenoxy) is 2. The summed E-state index contributed by atoms with van der Waals surface area (Å²) in [6, 6.07) is 16.6. The number of rotatable bonds is 5. The molecular formula is C26H27N3O5. The Bertz CT molecular complexity index is 1200. The van der Waals surface area contributed by atoms with Gasteiger partial charge in [-0.15, -0.1) is 0 Å². The molecule has 0 bridgehead atoms. The van der Waals surface area contributed by atoms with E-state index in [4.69, 9.17) is 9.47 Å². The second-order valence-electron chi connectivity index (χ2n) is 8.23. The van der Waals surface area contributed by atoms with Gasteiger partial charge in [-0.25, -0.2) is 14.6 Å². The molecule has 1 fully saturated rings. The first-order valence-electron chi connectivity index (χ1n) is 11.2. The van der Waals surface area contributed by atoms with Crippen LogP contribution in [0.1, 0.15) is 34.5 Å². The van der Waals surface area contributed by atoms with E-state index >= 15 is 0 Å². The summed E-state index contributed by atoms with van der Waals surface area (Å²) < 4.78 is 10.5. The monoisotopic (exact) mass is 461 g/mol. The number of aryl methyl sites for hydroxylation is 1. The van der Waals surface area contributed by atoms with Crippen molar-refractivity contribution in [3.8, 4) is 0 Å². The molecule has 3 aromatic rings. The highest BCUT2D eigenvalue weighted by Gasteiger charge is 2.29. The zero-order valence-corrected chi connectivity index (χ0v) is 19.2. The number of hydrogen-bond donors (Lipinski definition) is 1. The van der Waals surface area contributed by atoms with Gasteiger partial charge in [0, 0.05) is 24.2 Å². The van der Waals surface area contributed by atoms with Gasteiger partial charge in [0.1, 0.15) is 6.61 Å². The Hall–Kier alpha value is -3.94. The van der Waals surface area contributed by atoms with Gasteiger partial charge in [0.15, 0.2) is 0 Å². The molecule has 0 aliphatic carbocycles. The number of benzene rings is 2. The van der Waals surface area contributed by atoms with Crippen molar-refractivity contribution in [2.45, 2.75) is 26.4 Å². The molecule has 0 saturated carbocycles. The van der Waals surface area contributed by atoms with Gasteiger partial charge in [-0.05, 0) is 43.5 Å². The SMILES string of the molecule is COC(=O)c1c(COC(=O)C2CCN(C(=O)Nc3ccccc3)CC2)nc2ccccc2c1C. The summed E-state index contributed by atoms with van der Waals surface area (Å²) in [7, 11) is 1.31. The molecule has 2 aromatic carbocycles. The summed E-state index contributed by atoms with van der Waals surface area (Å²) in [6.07, 6.45) is 1.02. The number of amides is 2. The number of piperidine rings is 1. The third-order valence-electron chi connectivity index (χ3n) is 6.11. The van der Waals surface area contributed by atoms with Gasteiger partial charge in [0.2, 0.25) is 0 Å². The van der Waals surface area contributed by atoms with Crippen molar-refractivity contribution >= 4 is 34.6 Å². The number of esters is 2. The lowest BCUT2D eigenvalue weighted by atomic mass is 9.97. The molecular weight excluding hydrogens is 434 g/mol. The minimum atomic E-state index is -0.514. The molecule has 1 aliphatic rings. The maximum absolute atomic E-state index is 12.8. The van der Waals surface area contributed by atoms with Crippen molar-refractivity contribution in [2.75, 3.05) is 25.5 Å². The van der Waals surface area contributed by atoms with Crippen molar-refractivity contribution in [3.63, 3.8) is 0 Å². The number of methoxy groups -OCH3 is 1. The molecule has 1 saturated heterocycles. The lowest BCUT2D eigenvalue weighted by Gasteiger charge is -2.31. The number of nitrogens with one attached hydrogen (secondary N) is 1. The maximum Gasteiger partial charge on any atom is 0.340 e. The van der Waals surface area contributed by atoms with E-state index in [1.54, 1.807) is 4.90 Å². The first-order valence-corrected chi connectivity index (χ1v) is 11.2. The number of aromatic nitrogens is 1. The molecule has 4 rings (SSSR count). The molecule has 1 aromatic heterocycles. The van der Waals surface area contributed by atoms with E-state index in [1.165, 1.54) is 7.11 Å². The molecule has 2 amide bonds. The van der Waals surface area contributed by atoms with E-state index in [9.17, 15) is 14.4 Å². The maximum atomic E-state index is 12.8. The highest BCUT2D eigenvalue weighted by atomic mass is 16.5. The van der Waals surface area contributed by atoms with Gasteiger partial charge >= 0.3 is 18.0 Å². The smallest absolute Gasteiger partial charge is 0.340 e. The highest BCUT2D eigenvalue weighted by molar-refractivity contribution is 5.98. The molecule has 1 aliphatic heterocycles. The van der Waals surface area contributed by atoms with Crippen LogP contribution in [0.25, 0.3) is 10.9 Å². The lowest BCUT2D eigenvalue weighted by Crippen LogP contribution is -2.42. The van der Waals surface area contributed by atoms with Crippen LogP contribution in [0, 0.1) is 12.8 Å². The molecule has 34 heavy (non-hydrogen) atoms. The lowest BCUT2D eigenvalue weighted by molar-refractivity contribution is -0.151. The number of para-hydroxylation sites is 2. The fourth-order valence-corrected chi connectivity index (χ4v) is 4.22. The first-order chi connectivity index (χ1) is 16.5. The zero-order chi connectivity index (χ0) is 24.1.